The van der Waals surface area contributed by atoms with Gasteiger partial charge in [-0.1, -0.05) is 29.8 Å². The van der Waals surface area contributed by atoms with E-state index in [1.807, 2.05) is 67.8 Å². The highest BCUT2D eigenvalue weighted by atomic mass is 35.5. The van der Waals surface area contributed by atoms with Crippen molar-refractivity contribution < 1.29 is 9.53 Å². The predicted molar refractivity (Wildman–Crippen MR) is 144 cm³/mol. The van der Waals surface area contributed by atoms with Crippen molar-refractivity contribution >= 4 is 29.1 Å². The Hall–Kier alpha value is -3.62. The molecule has 2 fully saturated rings. The molecule has 0 spiro atoms. The smallest absolute Gasteiger partial charge is 0.324 e. The molecule has 2 bridgehead atoms. The van der Waals surface area contributed by atoms with Crippen molar-refractivity contribution in [3.8, 4) is 17.0 Å². The van der Waals surface area contributed by atoms with Gasteiger partial charge in [-0.05, 0) is 43.2 Å². The molecule has 9 heteroatoms. The molecule has 6 rings (SSSR count). The number of imidazole rings is 1. The van der Waals surface area contributed by atoms with Crippen LogP contribution in [0.15, 0.2) is 67.0 Å². The van der Waals surface area contributed by atoms with Gasteiger partial charge in [-0.15, -0.1) is 0 Å². The summed E-state index contributed by atoms with van der Waals surface area (Å²) in [6.07, 6.45) is 5.80. The summed E-state index contributed by atoms with van der Waals surface area (Å²) >= 11 is 6.14. The number of likely N-dealkylation sites (tertiary alicyclic amines) is 1. The SMILES string of the molecule is COc1cccc(N(C)C(=O)N2C3CCC2CN(Cc2c(-c4ccc(Cl)cc4)nc4ncccn24)C3)c1. The molecule has 2 amide bonds. The van der Waals surface area contributed by atoms with Crippen LogP contribution in [0, 0.1) is 0 Å². The van der Waals surface area contributed by atoms with E-state index in [2.05, 4.69) is 19.2 Å². The van der Waals surface area contributed by atoms with Gasteiger partial charge in [-0.25, -0.2) is 14.8 Å². The molecule has 190 valence electrons. The Kier molecular flexibility index (Phi) is 6.22. The number of methoxy groups -OCH3 is 1. The van der Waals surface area contributed by atoms with Crippen LogP contribution in [0.3, 0.4) is 0 Å². The zero-order valence-corrected chi connectivity index (χ0v) is 21.7. The van der Waals surface area contributed by atoms with Gasteiger partial charge >= 0.3 is 6.03 Å². The second kappa shape index (κ2) is 9.68. The molecule has 4 aromatic rings. The van der Waals surface area contributed by atoms with Crippen molar-refractivity contribution in [2.45, 2.75) is 31.5 Å². The molecule has 2 unspecified atom stereocenters. The van der Waals surface area contributed by atoms with Gasteiger partial charge in [0, 0.05) is 73.5 Å². The lowest BCUT2D eigenvalue weighted by molar-refractivity contribution is 0.0869. The van der Waals surface area contributed by atoms with Crippen LogP contribution >= 0.6 is 11.6 Å². The summed E-state index contributed by atoms with van der Waals surface area (Å²) in [6.45, 7) is 2.37. The maximum absolute atomic E-state index is 13.6. The van der Waals surface area contributed by atoms with Crippen LogP contribution in [-0.4, -0.2) is 69.5 Å². The van der Waals surface area contributed by atoms with E-state index in [1.54, 1.807) is 18.2 Å². The lowest BCUT2D eigenvalue weighted by Crippen LogP contribution is -2.58. The van der Waals surface area contributed by atoms with E-state index in [9.17, 15) is 4.79 Å². The Bertz CT molecular complexity index is 1420. The van der Waals surface area contributed by atoms with Gasteiger partial charge in [0.1, 0.15) is 5.75 Å². The number of halogens is 1. The number of hydrogen-bond donors (Lipinski definition) is 0. The van der Waals surface area contributed by atoms with E-state index in [-0.39, 0.29) is 18.1 Å². The van der Waals surface area contributed by atoms with E-state index in [4.69, 9.17) is 21.3 Å². The van der Waals surface area contributed by atoms with Crippen molar-refractivity contribution in [3.63, 3.8) is 0 Å². The summed E-state index contributed by atoms with van der Waals surface area (Å²) in [6, 6.07) is 17.7. The summed E-state index contributed by atoms with van der Waals surface area (Å²) in [5.74, 6) is 1.42. The minimum Gasteiger partial charge on any atom is -0.497 e. The topological polar surface area (TPSA) is 66.2 Å². The average Bonchev–Trinajstić information content (AvgIpc) is 3.42. The highest BCUT2D eigenvalue weighted by Gasteiger charge is 2.44. The summed E-state index contributed by atoms with van der Waals surface area (Å²) in [5.41, 5.74) is 3.86. The van der Waals surface area contributed by atoms with Gasteiger partial charge in [0.05, 0.1) is 18.5 Å². The van der Waals surface area contributed by atoms with Gasteiger partial charge in [-0.3, -0.25) is 14.2 Å². The van der Waals surface area contributed by atoms with Crippen LogP contribution in [0.2, 0.25) is 5.02 Å². The number of urea groups is 1. The van der Waals surface area contributed by atoms with Crippen LogP contribution < -0.4 is 9.64 Å². The molecule has 0 saturated carbocycles. The molecule has 2 aliphatic heterocycles. The monoisotopic (exact) mass is 516 g/mol. The third kappa shape index (κ3) is 4.40. The standard InChI is InChI=1S/C28H29ClN6O2/c1-32(21-5-3-6-24(15-21)37-2)28(36)35-22-11-12-23(35)17-33(16-22)18-25-26(19-7-9-20(29)10-8-19)31-27-30-13-4-14-34(25)27/h3-10,13-15,22-23H,11-12,16-18H2,1-2H3. The van der Waals surface area contributed by atoms with E-state index >= 15 is 0 Å². The molecule has 37 heavy (non-hydrogen) atoms. The predicted octanol–water partition coefficient (Wildman–Crippen LogP) is 4.96. The van der Waals surface area contributed by atoms with E-state index in [0.717, 1.165) is 60.9 Å². The lowest BCUT2D eigenvalue weighted by Gasteiger charge is -2.42. The van der Waals surface area contributed by atoms with Crippen LogP contribution in [0.1, 0.15) is 18.5 Å². The molecule has 0 N–H and O–H groups in total. The van der Waals surface area contributed by atoms with Crippen LogP contribution in [0.25, 0.3) is 17.0 Å². The molecule has 4 heterocycles. The first-order chi connectivity index (χ1) is 18.0. The molecule has 2 aromatic carbocycles. The Morgan fingerprint density at radius 3 is 2.59 bits per heavy atom. The number of rotatable bonds is 5. The van der Waals surface area contributed by atoms with Crippen molar-refractivity contribution in [2.24, 2.45) is 0 Å². The third-order valence-electron chi connectivity index (χ3n) is 7.50. The van der Waals surface area contributed by atoms with Crippen molar-refractivity contribution in [1.82, 2.24) is 24.2 Å². The first-order valence-electron chi connectivity index (χ1n) is 12.5. The van der Waals surface area contributed by atoms with Crippen molar-refractivity contribution in [3.05, 3.63) is 77.7 Å². The number of carbonyl (C=O) groups is 1. The zero-order valence-electron chi connectivity index (χ0n) is 20.9. The van der Waals surface area contributed by atoms with Crippen LogP contribution in [0.4, 0.5) is 10.5 Å². The normalized spacial score (nSPS) is 19.4. The number of anilines is 1. The molecular formula is C28H29ClN6O2. The summed E-state index contributed by atoms with van der Waals surface area (Å²) in [4.78, 5) is 29.2. The molecule has 2 saturated heterocycles. The number of nitrogens with zero attached hydrogens (tertiary/aromatic N) is 6. The van der Waals surface area contributed by atoms with Gasteiger partial charge in [0.15, 0.2) is 0 Å². The van der Waals surface area contributed by atoms with Gasteiger partial charge in [0.25, 0.3) is 0 Å². The quantitative estimate of drug-likeness (QED) is 0.375. The lowest BCUT2D eigenvalue weighted by atomic mass is 10.1. The van der Waals surface area contributed by atoms with Crippen molar-refractivity contribution in [2.75, 3.05) is 32.1 Å². The van der Waals surface area contributed by atoms with E-state index < -0.39 is 0 Å². The summed E-state index contributed by atoms with van der Waals surface area (Å²) < 4.78 is 7.42. The molecule has 2 aliphatic rings. The fourth-order valence-corrected chi connectivity index (χ4v) is 5.80. The maximum atomic E-state index is 13.6. The van der Waals surface area contributed by atoms with Gasteiger partial charge in [0.2, 0.25) is 5.78 Å². The Morgan fingerprint density at radius 1 is 1.11 bits per heavy atom. The average molecular weight is 517 g/mol. The Labute approximate surface area is 221 Å². The van der Waals surface area contributed by atoms with Crippen molar-refractivity contribution in [1.29, 1.82) is 0 Å². The Balaban J connectivity index is 1.24. The molecule has 2 atom stereocenters. The minimum atomic E-state index is 0.0428. The highest BCUT2D eigenvalue weighted by Crippen LogP contribution is 2.34. The number of carbonyl (C=O) groups excluding carboxylic acids is 1. The molecule has 2 aromatic heterocycles. The van der Waals surface area contributed by atoms with E-state index in [1.165, 1.54) is 0 Å². The third-order valence-corrected chi connectivity index (χ3v) is 7.75. The highest BCUT2D eigenvalue weighted by molar-refractivity contribution is 6.30. The van der Waals surface area contributed by atoms with Crippen LogP contribution in [-0.2, 0) is 6.54 Å². The maximum Gasteiger partial charge on any atom is 0.324 e. The number of hydrogen-bond acceptors (Lipinski definition) is 5. The number of fused-ring (bicyclic) bond motifs is 3. The molecule has 8 nitrogen and oxygen atoms in total. The largest absolute Gasteiger partial charge is 0.497 e. The number of ether oxygens (including phenoxy) is 1. The number of amides is 2. The first kappa shape index (κ1) is 23.8. The fraction of sp³-hybridized carbons (Fsp3) is 0.321. The first-order valence-corrected chi connectivity index (χ1v) is 12.9. The molecule has 0 aliphatic carbocycles. The number of aromatic nitrogens is 3. The fourth-order valence-electron chi connectivity index (χ4n) is 5.67. The second-order valence-corrected chi connectivity index (χ2v) is 10.2. The van der Waals surface area contributed by atoms with Gasteiger partial charge < -0.3 is 9.64 Å². The second-order valence-electron chi connectivity index (χ2n) is 9.73. The number of piperazine rings is 1. The molecular weight excluding hydrogens is 488 g/mol. The summed E-state index contributed by atoms with van der Waals surface area (Å²) in [5, 5.41) is 0.698. The zero-order chi connectivity index (χ0) is 25.5. The number of benzene rings is 2. The van der Waals surface area contributed by atoms with E-state index in [0.29, 0.717) is 10.8 Å². The Morgan fingerprint density at radius 2 is 1.86 bits per heavy atom. The molecule has 0 radical (unpaired) electrons. The van der Waals surface area contributed by atoms with Crippen LogP contribution in [0.5, 0.6) is 5.75 Å². The summed E-state index contributed by atoms with van der Waals surface area (Å²) in [7, 11) is 3.48. The van der Waals surface area contributed by atoms with Gasteiger partial charge in [-0.2, -0.15) is 0 Å². The minimum absolute atomic E-state index is 0.0428.